The lowest BCUT2D eigenvalue weighted by Gasteiger charge is -2.09. The molecule has 0 aliphatic carbocycles. The molecule has 1 aromatic carbocycles. The van der Waals surface area contributed by atoms with Gasteiger partial charge in [0.05, 0.1) is 6.10 Å². The average molecular weight is 301 g/mol. The van der Waals surface area contributed by atoms with Crippen LogP contribution in [0.15, 0.2) is 18.2 Å². The van der Waals surface area contributed by atoms with Crippen LogP contribution in [0, 0.1) is 27.7 Å². The quantitative estimate of drug-likeness (QED) is 0.847. The van der Waals surface area contributed by atoms with Crippen molar-refractivity contribution in [3.05, 3.63) is 57.4 Å². The average Bonchev–Trinajstić information content (AvgIpc) is 2.74. The zero-order chi connectivity index (χ0) is 16.4. The van der Waals surface area contributed by atoms with Gasteiger partial charge in [0.15, 0.2) is 0 Å². The fraction of sp³-hybridized carbons (Fsp3) is 0.389. The summed E-state index contributed by atoms with van der Waals surface area (Å²) in [6, 6.07) is 6.08. The summed E-state index contributed by atoms with van der Waals surface area (Å²) in [5, 5.41) is 9.78. The first kappa shape index (κ1) is 16.3. The Balaban J connectivity index is 2.16. The number of H-pyrrole nitrogens is 1. The van der Waals surface area contributed by atoms with Gasteiger partial charge in [0.25, 0.3) is 0 Å². The van der Waals surface area contributed by atoms with Crippen LogP contribution in [0.2, 0.25) is 0 Å². The van der Waals surface area contributed by atoms with E-state index in [2.05, 4.69) is 4.98 Å². The molecule has 4 heteroatoms. The van der Waals surface area contributed by atoms with Crippen LogP contribution in [0.4, 0.5) is 0 Å². The number of aromatic amines is 1. The van der Waals surface area contributed by atoms with Gasteiger partial charge < -0.3 is 14.8 Å². The Hall–Kier alpha value is -2.07. The molecule has 0 amide bonds. The van der Waals surface area contributed by atoms with Crippen molar-refractivity contribution in [1.29, 1.82) is 0 Å². The largest absolute Gasteiger partial charge is 0.456 e. The summed E-state index contributed by atoms with van der Waals surface area (Å²) in [5.74, 6) is -0.395. The number of aliphatic hydroxyl groups excluding tert-OH is 1. The van der Waals surface area contributed by atoms with Crippen molar-refractivity contribution in [3.63, 3.8) is 0 Å². The molecule has 118 valence electrons. The molecule has 1 aromatic heterocycles. The molecule has 0 aliphatic heterocycles. The van der Waals surface area contributed by atoms with Crippen LogP contribution >= 0.6 is 0 Å². The zero-order valence-electron chi connectivity index (χ0n) is 13.8. The number of hydrogen-bond donors (Lipinski definition) is 2. The molecule has 0 bridgehead atoms. The second-order valence-corrected chi connectivity index (χ2v) is 5.85. The Kier molecular flexibility index (Phi) is 4.71. The first-order valence-electron chi connectivity index (χ1n) is 7.41. The van der Waals surface area contributed by atoms with Crippen LogP contribution in [-0.2, 0) is 11.3 Å². The van der Waals surface area contributed by atoms with E-state index >= 15 is 0 Å². The van der Waals surface area contributed by atoms with Gasteiger partial charge in [-0.25, -0.2) is 4.79 Å². The van der Waals surface area contributed by atoms with Crippen molar-refractivity contribution in [3.8, 4) is 0 Å². The highest BCUT2D eigenvalue weighted by Crippen LogP contribution is 2.25. The van der Waals surface area contributed by atoms with E-state index in [1.807, 2.05) is 45.9 Å². The Morgan fingerprint density at radius 3 is 2.55 bits per heavy atom. The van der Waals surface area contributed by atoms with Crippen LogP contribution < -0.4 is 0 Å². The lowest BCUT2D eigenvalue weighted by Crippen LogP contribution is -2.08. The third-order valence-electron chi connectivity index (χ3n) is 3.98. The molecule has 22 heavy (non-hydrogen) atoms. The van der Waals surface area contributed by atoms with Crippen LogP contribution in [-0.4, -0.2) is 16.1 Å². The SMILES string of the molecule is Cc1ccc(C)c(COC(=O)c2[nH]c(C)c([C@@H](C)O)c2C)c1. The highest BCUT2D eigenvalue weighted by molar-refractivity contribution is 5.89. The minimum absolute atomic E-state index is 0.244. The van der Waals surface area contributed by atoms with Crippen molar-refractivity contribution in [2.24, 2.45) is 0 Å². The monoisotopic (exact) mass is 301 g/mol. The molecule has 0 saturated heterocycles. The molecule has 1 heterocycles. The summed E-state index contributed by atoms with van der Waals surface area (Å²) in [4.78, 5) is 15.3. The van der Waals surface area contributed by atoms with E-state index in [1.165, 1.54) is 0 Å². The Morgan fingerprint density at radius 2 is 1.95 bits per heavy atom. The van der Waals surface area contributed by atoms with E-state index in [4.69, 9.17) is 4.74 Å². The number of benzene rings is 1. The summed E-state index contributed by atoms with van der Waals surface area (Å²) >= 11 is 0. The number of rotatable bonds is 4. The lowest BCUT2D eigenvalue weighted by atomic mass is 10.1. The predicted molar refractivity (Wildman–Crippen MR) is 85.9 cm³/mol. The molecule has 0 spiro atoms. The molecule has 0 aliphatic rings. The van der Waals surface area contributed by atoms with Crippen molar-refractivity contribution in [2.45, 2.75) is 47.3 Å². The van der Waals surface area contributed by atoms with Gasteiger partial charge in [-0.2, -0.15) is 0 Å². The molecule has 0 saturated carbocycles. The number of aryl methyl sites for hydroxylation is 3. The smallest absolute Gasteiger partial charge is 0.355 e. The van der Waals surface area contributed by atoms with Gasteiger partial charge in [-0.3, -0.25) is 0 Å². The van der Waals surface area contributed by atoms with Gasteiger partial charge in [-0.1, -0.05) is 23.8 Å². The minimum atomic E-state index is -0.614. The second kappa shape index (κ2) is 6.36. The topological polar surface area (TPSA) is 62.3 Å². The summed E-state index contributed by atoms with van der Waals surface area (Å²) in [6.45, 7) is 9.61. The standard InChI is InChI=1S/C18H23NO3/c1-10-6-7-11(2)15(8-10)9-22-18(21)17-12(3)16(14(5)20)13(4)19-17/h6-8,14,19-20H,9H2,1-5H3/t14-/m1/s1. The first-order valence-corrected chi connectivity index (χ1v) is 7.41. The zero-order valence-corrected chi connectivity index (χ0v) is 13.8. The van der Waals surface area contributed by atoms with Gasteiger partial charge in [-0.15, -0.1) is 0 Å². The molecule has 4 nitrogen and oxygen atoms in total. The van der Waals surface area contributed by atoms with Gasteiger partial charge >= 0.3 is 5.97 Å². The molecule has 2 aromatic rings. The maximum Gasteiger partial charge on any atom is 0.355 e. The Morgan fingerprint density at radius 1 is 1.27 bits per heavy atom. The van der Waals surface area contributed by atoms with Crippen LogP contribution in [0.3, 0.4) is 0 Å². The van der Waals surface area contributed by atoms with Gasteiger partial charge in [0.1, 0.15) is 12.3 Å². The van der Waals surface area contributed by atoms with E-state index in [1.54, 1.807) is 6.92 Å². The number of hydrogen-bond acceptors (Lipinski definition) is 3. The molecule has 2 rings (SSSR count). The third-order valence-corrected chi connectivity index (χ3v) is 3.98. The minimum Gasteiger partial charge on any atom is -0.456 e. The number of nitrogens with one attached hydrogen (secondary N) is 1. The lowest BCUT2D eigenvalue weighted by molar-refractivity contribution is 0.0465. The fourth-order valence-electron chi connectivity index (χ4n) is 2.77. The van der Waals surface area contributed by atoms with Crippen LogP contribution in [0.5, 0.6) is 0 Å². The highest BCUT2D eigenvalue weighted by atomic mass is 16.5. The van der Waals surface area contributed by atoms with Crippen LogP contribution in [0.1, 0.15) is 57.0 Å². The van der Waals surface area contributed by atoms with Crippen molar-refractivity contribution >= 4 is 5.97 Å². The number of carbonyl (C=O) groups is 1. The fourth-order valence-corrected chi connectivity index (χ4v) is 2.77. The highest BCUT2D eigenvalue weighted by Gasteiger charge is 2.21. The maximum absolute atomic E-state index is 12.3. The molecular formula is C18H23NO3. The molecule has 2 N–H and O–H groups in total. The summed E-state index contributed by atoms with van der Waals surface area (Å²) in [7, 11) is 0. The third kappa shape index (κ3) is 3.22. The first-order chi connectivity index (χ1) is 10.3. The molecule has 0 fully saturated rings. The molecule has 0 radical (unpaired) electrons. The van der Waals surface area contributed by atoms with E-state index in [0.717, 1.165) is 33.5 Å². The number of aliphatic hydroxyl groups is 1. The predicted octanol–water partition coefficient (Wildman–Crippen LogP) is 3.66. The summed E-state index contributed by atoms with van der Waals surface area (Å²) < 4.78 is 5.43. The number of ether oxygens (including phenoxy) is 1. The number of esters is 1. The van der Waals surface area contributed by atoms with E-state index in [9.17, 15) is 9.90 Å². The van der Waals surface area contributed by atoms with Gasteiger partial charge in [-0.05, 0) is 51.3 Å². The maximum atomic E-state index is 12.3. The van der Waals surface area contributed by atoms with Gasteiger partial charge in [0.2, 0.25) is 0 Å². The number of carbonyl (C=O) groups excluding carboxylic acids is 1. The summed E-state index contributed by atoms with van der Waals surface area (Å²) in [6.07, 6.45) is -0.614. The van der Waals surface area contributed by atoms with Crippen molar-refractivity contribution in [2.75, 3.05) is 0 Å². The van der Waals surface area contributed by atoms with Crippen molar-refractivity contribution < 1.29 is 14.6 Å². The van der Waals surface area contributed by atoms with E-state index in [-0.39, 0.29) is 6.61 Å². The molecule has 0 unspecified atom stereocenters. The normalized spacial score (nSPS) is 12.3. The summed E-state index contributed by atoms with van der Waals surface area (Å²) in [5.41, 5.74) is 5.97. The van der Waals surface area contributed by atoms with Crippen molar-refractivity contribution in [1.82, 2.24) is 4.98 Å². The van der Waals surface area contributed by atoms with E-state index < -0.39 is 12.1 Å². The Labute approximate surface area is 131 Å². The van der Waals surface area contributed by atoms with E-state index in [0.29, 0.717) is 5.69 Å². The van der Waals surface area contributed by atoms with Gasteiger partial charge in [0, 0.05) is 11.3 Å². The molecular weight excluding hydrogens is 278 g/mol. The number of aromatic nitrogens is 1. The Bertz CT molecular complexity index is 699. The molecule has 1 atom stereocenters. The second-order valence-electron chi connectivity index (χ2n) is 5.85. The van der Waals surface area contributed by atoms with Crippen LogP contribution in [0.25, 0.3) is 0 Å².